The lowest BCUT2D eigenvalue weighted by atomic mass is 10.1. The molecule has 21 heavy (non-hydrogen) atoms. The number of aromatic nitrogens is 2. The van der Waals surface area contributed by atoms with Crippen molar-refractivity contribution in [3.8, 4) is 0 Å². The summed E-state index contributed by atoms with van der Waals surface area (Å²) >= 11 is 0. The third-order valence-corrected chi connectivity index (χ3v) is 3.60. The zero-order chi connectivity index (χ0) is 15.2. The Labute approximate surface area is 127 Å². The second-order valence-corrected chi connectivity index (χ2v) is 5.40. The Morgan fingerprint density at radius 2 is 2.19 bits per heavy atom. The van der Waals surface area contributed by atoms with Crippen LogP contribution in [-0.2, 0) is 0 Å². The van der Waals surface area contributed by atoms with Crippen LogP contribution in [0.4, 0.5) is 4.20 Å². The van der Waals surface area contributed by atoms with E-state index >= 15 is 0 Å². The predicted octanol–water partition coefficient (Wildman–Crippen LogP) is 5.10. The van der Waals surface area contributed by atoms with Gasteiger partial charge >= 0.3 is 0 Å². The van der Waals surface area contributed by atoms with Gasteiger partial charge in [0.25, 0.3) is 0 Å². The van der Waals surface area contributed by atoms with E-state index in [1.165, 1.54) is 0 Å². The molecule has 1 fully saturated rings. The summed E-state index contributed by atoms with van der Waals surface area (Å²) < 4.78 is 13.4. The Morgan fingerprint density at radius 1 is 1.43 bits per heavy atom. The van der Waals surface area contributed by atoms with Gasteiger partial charge in [-0.2, -0.15) is 0 Å². The summed E-state index contributed by atoms with van der Waals surface area (Å²) in [6.07, 6.45) is 6.13. The predicted molar refractivity (Wildman–Crippen MR) is 88.1 cm³/mol. The molecule has 2 nitrogen and oxygen atoms in total. The van der Waals surface area contributed by atoms with Crippen LogP contribution in [0.2, 0.25) is 0 Å². The lowest BCUT2D eigenvalue weighted by Crippen LogP contribution is -2.03. The molecular weight excluding hydrogens is 282 g/mol. The van der Waals surface area contributed by atoms with Crippen LogP contribution in [0, 0.1) is 6.92 Å². The summed E-state index contributed by atoms with van der Waals surface area (Å²) in [6.45, 7) is 7.15. The highest BCUT2D eigenvalue weighted by Gasteiger charge is 2.29. The standard InChI is InChI=1S/C17H16FN2P.H2/c1-4-6-7-9-15(21-18)17-14(8-5-2)16(13-10-11-13)19-12(3)20-17;/h5,8,13,21H,1,10-11H2,2-3H3;1H/b8-5+;. The van der Waals surface area contributed by atoms with Crippen LogP contribution in [0.15, 0.2) is 35.6 Å². The van der Waals surface area contributed by atoms with Gasteiger partial charge in [0.2, 0.25) is 0 Å². The zero-order valence-corrected chi connectivity index (χ0v) is 13.1. The summed E-state index contributed by atoms with van der Waals surface area (Å²) in [7, 11) is -0.924. The SMILES string of the molecule is C=C=C=C=C=C(PF)c1nc(C)nc(C2CC2)c1/C=C/C.[HH]. The van der Waals surface area contributed by atoms with Crippen LogP contribution < -0.4 is 0 Å². The van der Waals surface area contributed by atoms with Crippen LogP contribution >= 0.6 is 8.89 Å². The van der Waals surface area contributed by atoms with E-state index in [9.17, 15) is 4.20 Å². The topological polar surface area (TPSA) is 25.8 Å². The minimum Gasteiger partial charge on any atom is -0.237 e. The average molecular weight is 300 g/mol. The fourth-order valence-electron chi connectivity index (χ4n) is 2.06. The fourth-order valence-corrected chi connectivity index (χ4v) is 2.45. The smallest absolute Gasteiger partial charge is 0.126 e. The van der Waals surface area contributed by atoms with Gasteiger partial charge in [-0.15, -0.1) is 0 Å². The number of allylic oxidation sites excluding steroid dienone is 1. The molecule has 1 atom stereocenters. The molecule has 0 saturated heterocycles. The molecule has 1 heterocycles. The molecule has 0 radical (unpaired) electrons. The summed E-state index contributed by atoms with van der Waals surface area (Å²) in [5.41, 5.74) is 12.8. The Morgan fingerprint density at radius 3 is 2.76 bits per heavy atom. The summed E-state index contributed by atoms with van der Waals surface area (Å²) in [5.74, 6) is 1.12. The van der Waals surface area contributed by atoms with Gasteiger partial charge in [0.05, 0.1) is 16.7 Å². The molecule has 108 valence electrons. The Hall–Kier alpha value is -1.96. The Bertz CT molecular complexity index is 742. The second-order valence-electron chi connectivity index (χ2n) is 4.71. The van der Waals surface area contributed by atoms with E-state index in [-0.39, 0.29) is 1.43 Å². The van der Waals surface area contributed by atoms with Gasteiger partial charge in [0.1, 0.15) is 14.7 Å². The van der Waals surface area contributed by atoms with Crippen LogP contribution in [0.1, 0.15) is 49.9 Å². The van der Waals surface area contributed by atoms with Crippen LogP contribution in [0.25, 0.3) is 11.4 Å². The van der Waals surface area contributed by atoms with Crippen molar-refractivity contribution in [2.75, 3.05) is 0 Å². The van der Waals surface area contributed by atoms with Crippen molar-refractivity contribution >= 4 is 20.3 Å². The first-order chi connectivity index (χ1) is 10.2. The number of rotatable bonds is 4. The minimum atomic E-state index is -0.924. The van der Waals surface area contributed by atoms with Crippen LogP contribution in [-0.4, -0.2) is 9.97 Å². The van der Waals surface area contributed by atoms with Crippen molar-refractivity contribution in [2.24, 2.45) is 0 Å². The minimum absolute atomic E-state index is 0. The molecule has 1 saturated carbocycles. The molecule has 1 aliphatic carbocycles. The van der Waals surface area contributed by atoms with Gasteiger partial charge in [-0.1, -0.05) is 17.9 Å². The summed E-state index contributed by atoms with van der Waals surface area (Å²) in [5, 5.41) is 0.373. The van der Waals surface area contributed by atoms with Gasteiger partial charge in [-0.25, -0.2) is 14.2 Å². The Balaban J connectivity index is 0.00000242. The molecule has 0 amide bonds. The van der Waals surface area contributed by atoms with Crippen molar-refractivity contribution in [1.29, 1.82) is 0 Å². The first kappa shape index (κ1) is 15.4. The molecule has 0 N–H and O–H groups in total. The highest BCUT2D eigenvalue weighted by molar-refractivity contribution is 7.44. The molecule has 4 heteroatoms. The summed E-state index contributed by atoms with van der Waals surface area (Å²) in [4.78, 5) is 8.96. The first-order valence-corrected chi connectivity index (χ1v) is 7.62. The number of halogens is 1. The van der Waals surface area contributed by atoms with Crippen LogP contribution in [0.5, 0.6) is 0 Å². The maximum Gasteiger partial charge on any atom is 0.126 e. The van der Waals surface area contributed by atoms with E-state index in [1.54, 1.807) is 0 Å². The third-order valence-electron chi connectivity index (χ3n) is 3.05. The monoisotopic (exact) mass is 300 g/mol. The van der Waals surface area contributed by atoms with E-state index in [0.717, 1.165) is 24.1 Å². The van der Waals surface area contributed by atoms with E-state index in [4.69, 9.17) is 0 Å². The molecule has 1 aliphatic rings. The molecule has 2 rings (SSSR count). The lowest BCUT2D eigenvalue weighted by molar-refractivity contribution is 0.918. The van der Waals surface area contributed by atoms with Crippen molar-refractivity contribution in [3.05, 3.63) is 58.4 Å². The van der Waals surface area contributed by atoms with E-state index in [0.29, 0.717) is 22.8 Å². The second kappa shape index (κ2) is 7.16. The zero-order valence-electron chi connectivity index (χ0n) is 12.1. The number of hydrogen-bond acceptors (Lipinski definition) is 2. The van der Waals surface area contributed by atoms with Gasteiger partial charge in [0, 0.05) is 12.9 Å². The molecule has 0 aromatic carbocycles. The molecule has 0 bridgehead atoms. The fraction of sp³-hybridized carbons (Fsp3) is 0.294. The van der Waals surface area contributed by atoms with Gasteiger partial charge < -0.3 is 0 Å². The van der Waals surface area contributed by atoms with E-state index in [2.05, 4.69) is 39.5 Å². The van der Waals surface area contributed by atoms with Crippen molar-refractivity contribution in [2.45, 2.75) is 32.6 Å². The molecular formula is C17H18FN2P. The molecule has 1 aromatic rings. The van der Waals surface area contributed by atoms with Crippen molar-refractivity contribution in [1.82, 2.24) is 9.97 Å². The lowest BCUT2D eigenvalue weighted by Gasteiger charge is -2.11. The Kier molecular flexibility index (Phi) is 5.26. The van der Waals surface area contributed by atoms with Crippen LogP contribution in [0.3, 0.4) is 0 Å². The molecule has 1 aromatic heterocycles. The van der Waals surface area contributed by atoms with Crippen molar-refractivity contribution in [3.63, 3.8) is 0 Å². The van der Waals surface area contributed by atoms with Gasteiger partial charge in [-0.05, 0) is 50.5 Å². The third kappa shape index (κ3) is 3.78. The largest absolute Gasteiger partial charge is 0.237 e. The maximum absolute atomic E-state index is 13.4. The van der Waals surface area contributed by atoms with Gasteiger partial charge in [0.15, 0.2) is 0 Å². The normalized spacial score (nSPS) is 13.9. The van der Waals surface area contributed by atoms with Gasteiger partial charge in [-0.3, -0.25) is 0 Å². The highest BCUT2D eigenvalue weighted by Crippen LogP contribution is 2.44. The van der Waals surface area contributed by atoms with Crippen molar-refractivity contribution < 1.29 is 5.62 Å². The highest BCUT2D eigenvalue weighted by atomic mass is 31.1. The van der Waals surface area contributed by atoms with E-state index < -0.39 is 8.89 Å². The molecule has 0 aliphatic heterocycles. The average Bonchev–Trinajstić information content (AvgIpc) is 3.30. The molecule has 0 spiro atoms. The summed E-state index contributed by atoms with van der Waals surface area (Å²) in [6, 6.07) is 0. The van der Waals surface area contributed by atoms with E-state index in [1.807, 2.05) is 26.0 Å². The number of aryl methyl sites for hydroxylation is 1. The molecule has 1 unspecified atom stereocenters. The maximum atomic E-state index is 13.4. The quantitative estimate of drug-likeness (QED) is 0.571. The number of nitrogens with zero attached hydrogens (tertiary/aromatic N) is 2. The number of hydrogen-bond donors (Lipinski definition) is 0. The first-order valence-electron chi connectivity index (χ1n) is 6.74.